The van der Waals surface area contributed by atoms with Gasteiger partial charge in [-0.15, -0.1) is 0 Å². The molecule has 2 aromatic rings. The van der Waals surface area contributed by atoms with Crippen LogP contribution in [0.2, 0.25) is 0 Å². The molecule has 2 rings (SSSR count). The van der Waals surface area contributed by atoms with Gasteiger partial charge in [-0.25, -0.2) is 4.79 Å². The van der Waals surface area contributed by atoms with E-state index in [1.54, 1.807) is 50.2 Å². The van der Waals surface area contributed by atoms with Gasteiger partial charge in [0.05, 0.1) is 12.2 Å². The number of thiocarbonyl (C=S) groups is 1. The molecule has 2 aromatic carbocycles. The monoisotopic (exact) mass is 372 g/mol. The first-order valence-electron chi connectivity index (χ1n) is 8.10. The quantitative estimate of drug-likeness (QED) is 0.599. The number of carbonyl (C=O) groups excluding carboxylic acids is 2. The van der Waals surface area contributed by atoms with Crippen LogP contribution >= 0.6 is 12.2 Å². The molecular weight excluding hydrogens is 352 g/mol. The first kappa shape index (κ1) is 19.4. The van der Waals surface area contributed by atoms with Gasteiger partial charge in [-0.1, -0.05) is 18.2 Å². The van der Waals surface area contributed by atoms with Crippen LogP contribution in [0.15, 0.2) is 54.6 Å². The fraction of sp³-hybridized carbons (Fsp3) is 0.211. The number of anilines is 1. The van der Waals surface area contributed by atoms with Crippen molar-refractivity contribution in [3.63, 3.8) is 0 Å². The lowest BCUT2D eigenvalue weighted by Gasteiger charge is -2.15. The number of esters is 1. The van der Waals surface area contributed by atoms with Crippen LogP contribution in [0.25, 0.3) is 0 Å². The molecule has 1 amide bonds. The van der Waals surface area contributed by atoms with Gasteiger partial charge in [-0.2, -0.15) is 0 Å². The summed E-state index contributed by atoms with van der Waals surface area (Å²) in [5.74, 6) is -0.153. The summed E-state index contributed by atoms with van der Waals surface area (Å²) in [6.45, 7) is 3.70. The number of ether oxygens (including phenoxy) is 2. The normalized spacial score (nSPS) is 11.2. The minimum atomic E-state index is -0.705. The minimum absolute atomic E-state index is 0.141. The highest BCUT2D eigenvalue weighted by Gasteiger charge is 2.16. The number of hydrogen-bond acceptors (Lipinski definition) is 5. The lowest BCUT2D eigenvalue weighted by Crippen LogP contribution is -2.42. The smallest absolute Gasteiger partial charge is 0.338 e. The highest BCUT2D eigenvalue weighted by Crippen LogP contribution is 2.12. The van der Waals surface area contributed by atoms with E-state index in [1.807, 2.05) is 18.2 Å². The molecule has 6 nitrogen and oxygen atoms in total. The Hall–Kier alpha value is -2.93. The second kappa shape index (κ2) is 9.53. The van der Waals surface area contributed by atoms with E-state index in [1.165, 1.54) is 0 Å². The Morgan fingerprint density at radius 3 is 2.35 bits per heavy atom. The maximum atomic E-state index is 12.1. The van der Waals surface area contributed by atoms with Gasteiger partial charge in [0.25, 0.3) is 5.91 Å². The molecule has 7 heteroatoms. The maximum absolute atomic E-state index is 12.1. The Morgan fingerprint density at radius 2 is 1.73 bits per heavy atom. The molecule has 0 radical (unpaired) electrons. The summed E-state index contributed by atoms with van der Waals surface area (Å²) in [6.07, 6.45) is -0.705. The Balaban J connectivity index is 1.85. The molecule has 1 atom stereocenters. The van der Waals surface area contributed by atoms with Gasteiger partial charge in [0.2, 0.25) is 0 Å². The van der Waals surface area contributed by atoms with Crippen LogP contribution in [0.4, 0.5) is 5.69 Å². The highest BCUT2D eigenvalue weighted by molar-refractivity contribution is 7.80. The van der Waals surface area contributed by atoms with E-state index in [9.17, 15) is 9.59 Å². The van der Waals surface area contributed by atoms with E-state index >= 15 is 0 Å². The van der Waals surface area contributed by atoms with Gasteiger partial charge in [0, 0.05) is 5.69 Å². The average Bonchev–Trinajstić information content (AvgIpc) is 2.63. The van der Waals surface area contributed by atoms with E-state index in [-0.39, 0.29) is 17.0 Å². The zero-order valence-corrected chi connectivity index (χ0v) is 15.3. The molecular formula is C19H20N2O4S. The van der Waals surface area contributed by atoms with Crippen molar-refractivity contribution in [1.29, 1.82) is 0 Å². The van der Waals surface area contributed by atoms with Crippen molar-refractivity contribution in [3.8, 4) is 5.75 Å². The SMILES string of the molecule is CCOC(=O)c1ccc(NC(=S)NC(=O)[C@H](C)Oc2ccccc2)cc1. The van der Waals surface area contributed by atoms with E-state index in [0.717, 1.165) is 0 Å². The molecule has 0 aliphatic carbocycles. The molecule has 0 aromatic heterocycles. The summed E-state index contributed by atoms with van der Waals surface area (Å²) >= 11 is 5.13. The number of hydrogen-bond donors (Lipinski definition) is 2. The summed E-state index contributed by atoms with van der Waals surface area (Å²) in [5.41, 5.74) is 1.08. The van der Waals surface area contributed by atoms with E-state index in [2.05, 4.69) is 10.6 Å². The molecule has 0 aliphatic heterocycles. The van der Waals surface area contributed by atoms with Gasteiger partial charge < -0.3 is 14.8 Å². The molecule has 0 unspecified atom stereocenters. The predicted molar refractivity (Wildman–Crippen MR) is 103 cm³/mol. The van der Waals surface area contributed by atoms with Crippen LogP contribution < -0.4 is 15.4 Å². The largest absolute Gasteiger partial charge is 0.481 e. The molecule has 136 valence electrons. The Kier molecular flexibility index (Phi) is 7.11. The Morgan fingerprint density at radius 1 is 1.08 bits per heavy atom. The van der Waals surface area contributed by atoms with Crippen molar-refractivity contribution in [1.82, 2.24) is 5.32 Å². The third-order valence-corrected chi connectivity index (χ3v) is 3.52. The van der Waals surface area contributed by atoms with E-state index < -0.39 is 6.10 Å². The molecule has 0 bridgehead atoms. The highest BCUT2D eigenvalue weighted by atomic mass is 32.1. The van der Waals surface area contributed by atoms with Gasteiger partial charge in [-0.3, -0.25) is 10.1 Å². The Labute approximate surface area is 157 Å². The van der Waals surface area contributed by atoms with Crippen molar-refractivity contribution in [2.24, 2.45) is 0 Å². The standard InChI is InChI=1S/C19H20N2O4S/c1-3-24-18(23)14-9-11-15(12-10-14)20-19(26)21-17(22)13(2)25-16-7-5-4-6-8-16/h4-13H,3H2,1-2H3,(H2,20,21,22,26)/t13-/m0/s1. The molecule has 0 fully saturated rings. The first-order valence-corrected chi connectivity index (χ1v) is 8.51. The molecule has 0 spiro atoms. The molecule has 0 heterocycles. The molecule has 0 aliphatic rings. The van der Waals surface area contributed by atoms with Crippen molar-refractivity contribution in [2.75, 3.05) is 11.9 Å². The number of rotatable bonds is 6. The van der Waals surface area contributed by atoms with Crippen molar-refractivity contribution >= 4 is 34.9 Å². The topological polar surface area (TPSA) is 76.7 Å². The lowest BCUT2D eigenvalue weighted by atomic mass is 10.2. The van der Waals surface area contributed by atoms with E-state index in [0.29, 0.717) is 23.6 Å². The molecule has 0 saturated heterocycles. The summed E-state index contributed by atoms with van der Waals surface area (Å²) in [4.78, 5) is 23.7. The predicted octanol–water partition coefficient (Wildman–Crippen LogP) is 3.14. The number of para-hydroxylation sites is 1. The van der Waals surface area contributed by atoms with Gasteiger partial charge in [0.15, 0.2) is 11.2 Å². The zero-order valence-electron chi connectivity index (χ0n) is 14.5. The third-order valence-electron chi connectivity index (χ3n) is 3.32. The van der Waals surface area contributed by atoms with Crippen LogP contribution in [-0.2, 0) is 9.53 Å². The van der Waals surface area contributed by atoms with Crippen LogP contribution in [-0.4, -0.2) is 29.7 Å². The molecule has 0 saturated carbocycles. The van der Waals surface area contributed by atoms with Gasteiger partial charge in [-0.05, 0) is 62.5 Å². The lowest BCUT2D eigenvalue weighted by molar-refractivity contribution is -0.125. The fourth-order valence-corrected chi connectivity index (χ4v) is 2.26. The van der Waals surface area contributed by atoms with Crippen LogP contribution in [0.3, 0.4) is 0 Å². The molecule has 26 heavy (non-hydrogen) atoms. The van der Waals surface area contributed by atoms with Crippen molar-refractivity contribution < 1.29 is 19.1 Å². The van der Waals surface area contributed by atoms with Gasteiger partial charge in [0.1, 0.15) is 5.75 Å². The van der Waals surface area contributed by atoms with Crippen LogP contribution in [0.1, 0.15) is 24.2 Å². The minimum Gasteiger partial charge on any atom is -0.481 e. The second-order valence-electron chi connectivity index (χ2n) is 5.31. The number of nitrogens with one attached hydrogen (secondary N) is 2. The van der Waals surface area contributed by atoms with Gasteiger partial charge >= 0.3 is 5.97 Å². The summed E-state index contributed by atoms with van der Waals surface area (Å²) in [5, 5.41) is 5.59. The third kappa shape index (κ3) is 5.86. The zero-order chi connectivity index (χ0) is 18.9. The average molecular weight is 372 g/mol. The van der Waals surface area contributed by atoms with Crippen molar-refractivity contribution in [2.45, 2.75) is 20.0 Å². The fourth-order valence-electron chi connectivity index (χ4n) is 2.04. The van der Waals surface area contributed by atoms with E-state index in [4.69, 9.17) is 21.7 Å². The summed E-state index contributed by atoms with van der Waals surface area (Å²) in [6, 6.07) is 15.6. The van der Waals surface area contributed by atoms with Crippen LogP contribution in [0.5, 0.6) is 5.75 Å². The number of carbonyl (C=O) groups is 2. The summed E-state index contributed by atoms with van der Waals surface area (Å²) < 4.78 is 10.5. The second-order valence-corrected chi connectivity index (χ2v) is 5.72. The Bertz CT molecular complexity index is 763. The van der Waals surface area contributed by atoms with Crippen LogP contribution in [0, 0.1) is 0 Å². The summed E-state index contributed by atoms with van der Waals surface area (Å²) in [7, 11) is 0. The number of amides is 1. The molecule has 2 N–H and O–H groups in total. The maximum Gasteiger partial charge on any atom is 0.338 e. The van der Waals surface area contributed by atoms with Crippen molar-refractivity contribution in [3.05, 3.63) is 60.2 Å². The number of benzene rings is 2. The first-order chi connectivity index (χ1) is 12.5.